The van der Waals surface area contributed by atoms with Crippen molar-refractivity contribution in [2.24, 2.45) is 0 Å². The van der Waals surface area contributed by atoms with Crippen molar-refractivity contribution in [3.63, 3.8) is 0 Å². The van der Waals surface area contributed by atoms with Crippen LogP contribution < -0.4 is 5.32 Å². The summed E-state index contributed by atoms with van der Waals surface area (Å²) in [7, 11) is 0. The van der Waals surface area contributed by atoms with Crippen LogP contribution in [0.4, 0.5) is 0 Å². The van der Waals surface area contributed by atoms with Gasteiger partial charge >= 0.3 is 5.97 Å². The van der Waals surface area contributed by atoms with Gasteiger partial charge in [0.25, 0.3) is 0 Å². The normalized spacial score (nSPS) is 12.6. The molecule has 3 nitrogen and oxygen atoms in total. The predicted molar refractivity (Wildman–Crippen MR) is 67.9 cm³/mol. The molecule has 0 radical (unpaired) electrons. The molecule has 16 heavy (non-hydrogen) atoms. The van der Waals surface area contributed by atoms with Crippen LogP contribution in [0, 0.1) is 0 Å². The Morgan fingerprint density at radius 3 is 2.25 bits per heavy atom. The maximum atomic E-state index is 11.5. The lowest BCUT2D eigenvalue weighted by Crippen LogP contribution is -2.41. The Hall–Kier alpha value is -0.280. The number of hydrogen-bond donors (Lipinski definition) is 1. The first kappa shape index (κ1) is 15.7. The topological polar surface area (TPSA) is 38.3 Å². The van der Waals surface area contributed by atoms with Gasteiger partial charge in [0.2, 0.25) is 0 Å². The molecule has 0 rings (SSSR count). The SMILES string of the molecule is CC(C)(CCC(=O)OC(C)(C)C)NCCCl. The number of alkyl halides is 1. The quantitative estimate of drug-likeness (QED) is 0.581. The molecule has 0 saturated heterocycles. The van der Waals surface area contributed by atoms with E-state index < -0.39 is 5.60 Å². The number of rotatable bonds is 6. The summed E-state index contributed by atoms with van der Waals surface area (Å²) in [5.74, 6) is 0.434. The van der Waals surface area contributed by atoms with E-state index in [9.17, 15) is 4.79 Å². The van der Waals surface area contributed by atoms with Gasteiger partial charge in [-0.3, -0.25) is 4.79 Å². The summed E-state index contributed by atoms with van der Waals surface area (Å²) in [5, 5.41) is 3.29. The van der Waals surface area contributed by atoms with Crippen molar-refractivity contribution in [3.8, 4) is 0 Å². The largest absolute Gasteiger partial charge is 0.460 e. The van der Waals surface area contributed by atoms with Crippen LogP contribution >= 0.6 is 11.6 Å². The Kier molecular flexibility index (Phi) is 6.34. The molecule has 0 atom stereocenters. The van der Waals surface area contributed by atoms with Crippen molar-refractivity contribution in [2.75, 3.05) is 12.4 Å². The maximum Gasteiger partial charge on any atom is 0.306 e. The molecule has 0 heterocycles. The Morgan fingerprint density at radius 2 is 1.81 bits per heavy atom. The third kappa shape index (κ3) is 8.98. The zero-order valence-corrected chi connectivity index (χ0v) is 11.8. The summed E-state index contributed by atoms with van der Waals surface area (Å²) in [5.41, 5.74) is -0.476. The van der Waals surface area contributed by atoms with Gasteiger partial charge < -0.3 is 10.1 Å². The Labute approximate surface area is 104 Å². The van der Waals surface area contributed by atoms with Gasteiger partial charge in [0.15, 0.2) is 0 Å². The van der Waals surface area contributed by atoms with Gasteiger partial charge in [-0.1, -0.05) is 0 Å². The molecule has 0 bridgehead atoms. The number of nitrogens with one attached hydrogen (secondary N) is 1. The zero-order valence-electron chi connectivity index (χ0n) is 11.0. The number of halogens is 1. The van der Waals surface area contributed by atoms with Crippen LogP contribution in [-0.2, 0) is 9.53 Å². The molecule has 0 spiro atoms. The molecule has 0 aliphatic rings. The van der Waals surface area contributed by atoms with Gasteiger partial charge in [0, 0.05) is 24.4 Å². The molecule has 4 heteroatoms. The van der Waals surface area contributed by atoms with Gasteiger partial charge in [-0.25, -0.2) is 0 Å². The lowest BCUT2D eigenvalue weighted by atomic mass is 9.98. The van der Waals surface area contributed by atoms with E-state index in [1.807, 2.05) is 20.8 Å². The van der Waals surface area contributed by atoms with Gasteiger partial charge in [-0.2, -0.15) is 0 Å². The summed E-state index contributed by atoms with van der Waals surface area (Å²) in [4.78, 5) is 11.5. The highest BCUT2D eigenvalue weighted by Crippen LogP contribution is 2.14. The monoisotopic (exact) mass is 249 g/mol. The fourth-order valence-corrected chi connectivity index (χ4v) is 1.38. The van der Waals surface area contributed by atoms with Crippen LogP contribution in [0.5, 0.6) is 0 Å². The molecule has 0 aromatic carbocycles. The van der Waals surface area contributed by atoms with E-state index in [1.54, 1.807) is 0 Å². The molecule has 0 aliphatic carbocycles. The average molecular weight is 250 g/mol. The van der Waals surface area contributed by atoms with Crippen molar-refractivity contribution < 1.29 is 9.53 Å². The highest BCUT2D eigenvalue weighted by atomic mass is 35.5. The van der Waals surface area contributed by atoms with E-state index in [0.717, 1.165) is 13.0 Å². The van der Waals surface area contributed by atoms with E-state index in [4.69, 9.17) is 16.3 Å². The number of carbonyl (C=O) groups is 1. The molecule has 0 saturated carbocycles. The van der Waals surface area contributed by atoms with Gasteiger partial charge in [-0.05, 0) is 41.0 Å². The number of ether oxygens (including phenoxy) is 1. The molecule has 96 valence electrons. The second-order valence-corrected chi connectivity index (χ2v) is 5.96. The molecule has 0 amide bonds. The van der Waals surface area contributed by atoms with Crippen molar-refractivity contribution in [1.82, 2.24) is 5.32 Å². The van der Waals surface area contributed by atoms with Crippen LogP contribution in [0.3, 0.4) is 0 Å². The maximum absolute atomic E-state index is 11.5. The summed E-state index contributed by atoms with van der Waals surface area (Å²) < 4.78 is 5.24. The van der Waals surface area contributed by atoms with E-state index in [0.29, 0.717) is 12.3 Å². The summed E-state index contributed by atoms with van der Waals surface area (Å²) in [6.07, 6.45) is 1.18. The lowest BCUT2D eigenvalue weighted by molar-refractivity contribution is -0.155. The van der Waals surface area contributed by atoms with Crippen LogP contribution in [0.25, 0.3) is 0 Å². The standard InChI is InChI=1S/C12H24ClNO2/c1-11(2,3)16-10(15)6-7-12(4,5)14-9-8-13/h14H,6-9H2,1-5H3. The molecule has 0 fully saturated rings. The van der Waals surface area contributed by atoms with E-state index in [-0.39, 0.29) is 11.5 Å². The van der Waals surface area contributed by atoms with E-state index >= 15 is 0 Å². The zero-order chi connectivity index (χ0) is 12.8. The molecule has 0 unspecified atom stereocenters. The first-order valence-corrected chi connectivity index (χ1v) is 6.22. The summed E-state index contributed by atoms with van der Waals surface area (Å²) in [6, 6.07) is 0. The summed E-state index contributed by atoms with van der Waals surface area (Å²) in [6.45, 7) is 10.5. The molecular formula is C12H24ClNO2. The third-order valence-corrected chi connectivity index (χ3v) is 2.26. The number of hydrogen-bond acceptors (Lipinski definition) is 3. The highest BCUT2D eigenvalue weighted by Gasteiger charge is 2.21. The van der Waals surface area contributed by atoms with Gasteiger partial charge in [0.05, 0.1) is 0 Å². The highest BCUT2D eigenvalue weighted by molar-refractivity contribution is 6.18. The second kappa shape index (κ2) is 6.45. The number of carbonyl (C=O) groups excluding carboxylic acids is 1. The average Bonchev–Trinajstić information content (AvgIpc) is 2.09. The van der Waals surface area contributed by atoms with Crippen LogP contribution in [-0.4, -0.2) is 29.5 Å². The molecule has 0 aromatic rings. The van der Waals surface area contributed by atoms with Crippen molar-refractivity contribution in [1.29, 1.82) is 0 Å². The minimum absolute atomic E-state index is 0.0776. The fraction of sp³-hybridized carbons (Fsp3) is 0.917. The Bertz CT molecular complexity index is 222. The minimum atomic E-state index is -0.398. The predicted octanol–water partition coefficient (Wildman–Crippen LogP) is 2.72. The fourth-order valence-electron chi connectivity index (χ4n) is 1.28. The lowest BCUT2D eigenvalue weighted by Gasteiger charge is -2.26. The molecule has 0 aliphatic heterocycles. The van der Waals surface area contributed by atoms with Crippen LogP contribution in [0.2, 0.25) is 0 Å². The first-order chi connectivity index (χ1) is 7.16. The smallest absolute Gasteiger partial charge is 0.306 e. The molecular weight excluding hydrogens is 226 g/mol. The van der Waals surface area contributed by atoms with Crippen LogP contribution in [0.15, 0.2) is 0 Å². The molecule has 1 N–H and O–H groups in total. The first-order valence-electron chi connectivity index (χ1n) is 5.69. The van der Waals surface area contributed by atoms with E-state index in [1.165, 1.54) is 0 Å². The second-order valence-electron chi connectivity index (χ2n) is 5.59. The van der Waals surface area contributed by atoms with Crippen molar-refractivity contribution in [2.45, 2.75) is 58.6 Å². The van der Waals surface area contributed by atoms with Gasteiger partial charge in [0.1, 0.15) is 5.60 Å². The molecule has 0 aromatic heterocycles. The van der Waals surface area contributed by atoms with Crippen molar-refractivity contribution >= 4 is 17.6 Å². The van der Waals surface area contributed by atoms with E-state index in [2.05, 4.69) is 19.2 Å². The van der Waals surface area contributed by atoms with Gasteiger partial charge in [-0.15, -0.1) is 11.6 Å². The van der Waals surface area contributed by atoms with Crippen LogP contribution in [0.1, 0.15) is 47.5 Å². The minimum Gasteiger partial charge on any atom is -0.460 e. The third-order valence-electron chi connectivity index (χ3n) is 2.07. The Morgan fingerprint density at radius 1 is 1.25 bits per heavy atom. The Balaban J connectivity index is 3.90. The summed E-state index contributed by atoms with van der Waals surface area (Å²) >= 11 is 5.60. The number of esters is 1. The van der Waals surface area contributed by atoms with Crippen molar-refractivity contribution in [3.05, 3.63) is 0 Å².